The first kappa shape index (κ1) is 5.89. The Hall–Kier alpha value is 0.759. The molecule has 3 radical (unpaired) electrons. The van der Waals surface area contributed by atoms with Gasteiger partial charge in [0.1, 0.15) is 0 Å². The van der Waals surface area contributed by atoms with Gasteiger partial charge in [-0.05, 0) is 0 Å². The summed E-state index contributed by atoms with van der Waals surface area (Å²) in [6.07, 6.45) is 3.97. The molecule has 1 fully saturated rings. The monoisotopic (exact) mass is 205 g/mol. The van der Waals surface area contributed by atoms with Crippen molar-refractivity contribution in [3.05, 3.63) is 0 Å². The summed E-state index contributed by atoms with van der Waals surface area (Å²) in [6.45, 7) is 1.01. The molecule has 1 saturated heterocycles. The first-order chi connectivity index (χ1) is 3.39. The van der Waals surface area contributed by atoms with Gasteiger partial charge in [0.25, 0.3) is 0 Å². The Morgan fingerprint density at radius 2 is 2.29 bits per heavy atom. The molecule has 7 heavy (non-hydrogen) atoms. The number of ether oxygens (including phenoxy) is 1. The fourth-order valence-electron chi connectivity index (χ4n) is 0.741. The zero-order valence-electron chi connectivity index (χ0n) is 4.31. The van der Waals surface area contributed by atoms with Crippen LogP contribution in [0.4, 0.5) is 0 Å². The van der Waals surface area contributed by atoms with Crippen molar-refractivity contribution in [1.82, 2.24) is 0 Å². The Morgan fingerprint density at radius 1 is 1.43 bits per heavy atom. The summed E-state index contributed by atoms with van der Waals surface area (Å²) >= 11 is 1.55. The van der Waals surface area contributed by atoms with Gasteiger partial charge in [-0.2, -0.15) is 0 Å². The molecule has 0 aromatic rings. The third-order valence-electron chi connectivity index (χ3n) is 1.18. The Labute approximate surface area is 57.5 Å². The molecule has 0 aliphatic carbocycles. The van der Waals surface area contributed by atoms with Gasteiger partial charge in [-0.15, -0.1) is 0 Å². The molecule has 1 nitrogen and oxygen atoms in total. The molecule has 1 heterocycles. The molecule has 2 heteroatoms. The predicted octanol–water partition coefficient (Wildman–Crippen LogP) is 0.681. The van der Waals surface area contributed by atoms with Crippen LogP contribution in [0.1, 0.15) is 19.3 Å². The van der Waals surface area contributed by atoms with Gasteiger partial charge in [-0.1, -0.05) is 0 Å². The fourth-order valence-corrected chi connectivity index (χ4v) is 1.66. The molecular weight excluding hydrogens is 195 g/mol. The van der Waals surface area contributed by atoms with E-state index in [1.165, 1.54) is 19.3 Å². The molecule has 1 aliphatic heterocycles. The van der Waals surface area contributed by atoms with Crippen LogP contribution in [0.2, 0.25) is 0 Å². The predicted molar refractivity (Wildman–Crippen MR) is 29.3 cm³/mol. The Kier molecular flexibility index (Phi) is 2.46. The number of rotatable bonds is 0. The molecule has 0 aromatic carbocycles. The van der Waals surface area contributed by atoms with Gasteiger partial charge in [-0.3, -0.25) is 0 Å². The molecule has 0 bridgehead atoms. The third kappa shape index (κ3) is 2.00. The van der Waals surface area contributed by atoms with Gasteiger partial charge < -0.3 is 0 Å². The van der Waals surface area contributed by atoms with Crippen molar-refractivity contribution in [2.24, 2.45) is 0 Å². The number of hydrogen-bond donors (Lipinski definition) is 0. The van der Waals surface area contributed by atoms with Crippen molar-refractivity contribution < 1.29 is 4.74 Å². The van der Waals surface area contributed by atoms with Crippen LogP contribution in [-0.2, 0) is 4.74 Å². The summed E-state index contributed by atoms with van der Waals surface area (Å²) in [5.74, 6) is 0. The third-order valence-corrected chi connectivity index (χ3v) is 2.48. The molecule has 1 aliphatic rings. The standard InChI is InChI=1S/C5H9O.Sn/c1-2-4-6-5-3-1;/h4H,1-3,5H2;. The van der Waals surface area contributed by atoms with Gasteiger partial charge in [0.05, 0.1) is 0 Å². The van der Waals surface area contributed by atoms with E-state index in [9.17, 15) is 0 Å². The minimum absolute atomic E-state index is 0.626. The van der Waals surface area contributed by atoms with Gasteiger partial charge in [0, 0.05) is 0 Å². The zero-order valence-corrected chi connectivity index (χ0v) is 7.17. The molecule has 1 rings (SSSR count). The van der Waals surface area contributed by atoms with E-state index in [0.29, 0.717) is 4.12 Å². The molecular formula is C5H9OSn. The Balaban J connectivity index is 2.12. The van der Waals surface area contributed by atoms with Crippen LogP contribution >= 0.6 is 0 Å². The number of hydrogen-bond acceptors (Lipinski definition) is 1. The molecule has 0 amide bonds. The van der Waals surface area contributed by atoms with E-state index < -0.39 is 0 Å². The second-order valence-corrected chi connectivity index (χ2v) is 3.69. The van der Waals surface area contributed by atoms with E-state index in [1.807, 2.05) is 0 Å². The van der Waals surface area contributed by atoms with Gasteiger partial charge in [0.2, 0.25) is 0 Å². The summed E-state index contributed by atoms with van der Waals surface area (Å²) in [4.78, 5) is 0. The zero-order chi connectivity index (χ0) is 5.11. The molecule has 1 atom stereocenters. The molecule has 0 saturated carbocycles. The first-order valence-corrected chi connectivity index (χ1v) is 4.37. The van der Waals surface area contributed by atoms with Crippen LogP contribution < -0.4 is 0 Å². The van der Waals surface area contributed by atoms with Gasteiger partial charge in [0.15, 0.2) is 0 Å². The molecule has 1 unspecified atom stereocenters. The van der Waals surface area contributed by atoms with Gasteiger partial charge in [-0.25, -0.2) is 0 Å². The SMILES string of the molecule is [Sn][CH]1CCCCO1. The van der Waals surface area contributed by atoms with Crippen LogP contribution in [-0.4, -0.2) is 33.3 Å². The molecule has 0 aromatic heterocycles. The fraction of sp³-hybridized carbons (Fsp3) is 1.00. The van der Waals surface area contributed by atoms with Crippen molar-refractivity contribution in [2.45, 2.75) is 23.4 Å². The van der Waals surface area contributed by atoms with Crippen molar-refractivity contribution in [3.8, 4) is 0 Å². The summed E-state index contributed by atoms with van der Waals surface area (Å²) < 4.78 is 5.94. The quantitative estimate of drug-likeness (QED) is 0.527. The second-order valence-electron chi connectivity index (χ2n) is 1.86. The maximum atomic E-state index is 5.32. The molecule has 39 valence electrons. The van der Waals surface area contributed by atoms with Crippen LogP contribution in [0.3, 0.4) is 0 Å². The Bertz CT molecular complexity index is 50.0. The van der Waals surface area contributed by atoms with E-state index in [2.05, 4.69) is 0 Å². The van der Waals surface area contributed by atoms with Gasteiger partial charge >= 0.3 is 57.3 Å². The van der Waals surface area contributed by atoms with E-state index in [-0.39, 0.29) is 0 Å². The molecule has 0 spiro atoms. The van der Waals surface area contributed by atoms with Crippen molar-refractivity contribution >= 4 is 22.5 Å². The average molecular weight is 204 g/mol. The van der Waals surface area contributed by atoms with Crippen LogP contribution in [0.5, 0.6) is 0 Å². The minimum atomic E-state index is 0.626. The van der Waals surface area contributed by atoms with E-state index in [0.717, 1.165) is 6.61 Å². The average Bonchev–Trinajstić information content (AvgIpc) is 1.69. The Morgan fingerprint density at radius 3 is 2.57 bits per heavy atom. The van der Waals surface area contributed by atoms with Crippen LogP contribution in [0, 0.1) is 0 Å². The van der Waals surface area contributed by atoms with E-state index >= 15 is 0 Å². The first-order valence-electron chi connectivity index (χ1n) is 2.72. The van der Waals surface area contributed by atoms with Crippen molar-refractivity contribution in [1.29, 1.82) is 0 Å². The maximum absolute atomic E-state index is 5.32. The topological polar surface area (TPSA) is 9.23 Å². The van der Waals surface area contributed by atoms with E-state index in [1.54, 1.807) is 22.5 Å². The summed E-state index contributed by atoms with van der Waals surface area (Å²) in [5.41, 5.74) is 0. The summed E-state index contributed by atoms with van der Waals surface area (Å²) in [6, 6.07) is 0. The summed E-state index contributed by atoms with van der Waals surface area (Å²) in [7, 11) is 0. The van der Waals surface area contributed by atoms with Crippen LogP contribution in [0.25, 0.3) is 0 Å². The van der Waals surface area contributed by atoms with Crippen molar-refractivity contribution in [2.75, 3.05) is 6.61 Å². The molecule has 0 N–H and O–H groups in total. The van der Waals surface area contributed by atoms with E-state index in [4.69, 9.17) is 4.74 Å². The second kappa shape index (κ2) is 2.92. The normalized spacial score (nSPS) is 33.0. The van der Waals surface area contributed by atoms with Crippen LogP contribution in [0.15, 0.2) is 0 Å². The summed E-state index contributed by atoms with van der Waals surface area (Å²) in [5, 5.41) is 0. The van der Waals surface area contributed by atoms with Crippen molar-refractivity contribution in [3.63, 3.8) is 0 Å².